The van der Waals surface area contributed by atoms with Crippen LogP contribution in [0.5, 0.6) is 5.75 Å². The van der Waals surface area contributed by atoms with Gasteiger partial charge in [0.25, 0.3) is 0 Å². The van der Waals surface area contributed by atoms with Gasteiger partial charge >= 0.3 is 0 Å². The van der Waals surface area contributed by atoms with Gasteiger partial charge in [-0.3, -0.25) is 4.79 Å². The van der Waals surface area contributed by atoms with Gasteiger partial charge in [-0.1, -0.05) is 0 Å². The summed E-state index contributed by atoms with van der Waals surface area (Å²) in [5.41, 5.74) is 5.94. The maximum Gasteiger partial charge on any atom is 0.246 e. The minimum absolute atomic E-state index is 0.0144. The van der Waals surface area contributed by atoms with Gasteiger partial charge in [-0.15, -0.1) is 0 Å². The Morgan fingerprint density at radius 1 is 1.45 bits per heavy atom. The summed E-state index contributed by atoms with van der Waals surface area (Å²) in [6.07, 6.45) is 0.0802. The zero-order chi connectivity index (χ0) is 15.3. The Kier molecular flexibility index (Phi) is 5.34. The number of benzene rings is 1. The van der Waals surface area contributed by atoms with Crippen molar-refractivity contribution in [3.05, 3.63) is 18.2 Å². The molecule has 0 spiro atoms. The number of nitrogens with two attached hydrogens (primary N) is 1. The number of nitrogen functional groups attached to an aromatic ring is 1. The molecule has 0 aliphatic rings. The monoisotopic (exact) mass is 301 g/mol. The van der Waals surface area contributed by atoms with Crippen molar-refractivity contribution in [1.82, 2.24) is 9.62 Å². The zero-order valence-corrected chi connectivity index (χ0v) is 12.5. The molecule has 1 amide bonds. The standard InChI is InChI=1S/C12H19N3O4S/c1-14-12(16)6-7-15(2)20(17,18)11-8-9(13)4-5-10(11)19-3/h4-5,8H,6-7,13H2,1-3H3,(H,14,16). The van der Waals surface area contributed by atoms with Crippen LogP contribution in [0.4, 0.5) is 5.69 Å². The van der Waals surface area contributed by atoms with E-state index < -0.39 is 10.0 Å². The summed E-state index contributed by atoms with van der Waals surface area (Å²) < 4.78 is 31.0. The highest BCUT2D eigenvalue weighted by atomic mass is 32.2. The molecule has 112 valence electrons. The molecule has 0 fully saturated rings. The maximum absolute atomic E-state index is 12.4. The van der Waals surface area contributed by atoms with Gasteiger partial charge in [0.05, 0.1) is 7.11 Å². The maximum atomic E-state index is 12.4. The van der Waals surface area contributed by atoms with Crippen molar-refractivity contribution in [2.75, 3.05) is 33.5 Å². The van der Waals surface area contributed by atoms with E-state index in [1.54, 1.807) is 6.07 Å². The molecule has 0 aromatic heterocycles. The van der Waals surface area contributed by atoms with Crippen LogP contribution in [-0.2, 0) is 14.8 Å². The highest BCUT2D eigenvalue weighted by molar-refractivity contribution is 7.89. The third-order valence-corrected chi connectivity index (χ3v) is 4.69. The number of methoxy groups -OCH3 is 1. The van der Waals surface area contributed by atoms with Crippen molar-refractivity contribution >= 4 is 21.6 Å². The second kappa shape index (κ2) is 6.58. The molecule has 1 rings (SSSR count). The Morgan fingerprint density at radius 3 is 2.65 bits per heavy atom. The van der Waals surface area contributed by atoms with Crippen molar-refractivity contribution in [3.8, 4) is 5.75 Å². The molecule has 20 heavy (non-hydrogen) atoms. The fourth-order valence-electron chi connectivity index (χ4n) is 1.57. The molecule has 1 aromatic rings. The first-order chi connectivity index (χ1) is 9.32. The molecule has 3 N–H and O–H groups in total. The molecule has 0 aliphatic carbocycles. The average Bonchev–Trinajstić information content (AvgIpc) is 2.43. The van der Waals surface area contributed by atoms with E-state index in [2.05, 4.69) is 5.32 Å². The lowest BCUT2D eigenvalue weighted by Gasteiger charge is -2.18. The lowest BCUT2D eigenvalue weighted by Crippen LogP contribution is -2.31. The number of hydrogen-bond acceptors (Lipinski definition) is 5. The van der Waals surface area contributed by atoms with Crippen molar-refractivity contribution in [1.29, 1.82) is 0 Å². The van der Waals surface area contributed by atoms with Crippen LogP contribution in [0.3, 0.4) is 0 Å². The number of nitrogens with zero attached hydrogens (tertiary/aromatic N) is 1. The topological polar surface area (TPSA) is 102 Å². The molecule has 1 aromatic carbocycles. The normalized spacial score (nSPS) is 11.4. The fraction of sp³-hybridized carbons (Fsp3) is 0.417. The molecule has 0 saturated carbocycles. The number of anilines is 1. The highest BCUT2D eigenvalue weighted by Crippen LogP contribution is 2.28. The van der Waals surface area contributed by atoms with Gasteiger partial charge < -0.3 is 15.8 Å². The number of sulfonamides is 1. The molecular formula is C12H19N3O4S. The van der Waals surface area contributed by atoms with E-state index in [4.69, 9.17) is 10.5 Å². The summed E-state index contributed by atoms with van der Waals surface area (Å²) in [6, 6.07) is 4.39. The predicted octanol–water partition coefficient (Wildman–Crippen LogP) is 0.0340. The van der Waals surface area contributed by atoms with E-state index in [9.17, 15) is 13.2 Å². The number of rotatable bonds is 6. The molecular weight excluding hydrogens is 282 g/mol. The molecule has 7 nitrogen and oxygen atoms in total. The zero-order valence-electron chi connectivity index (χ0n) is 11.7. The third kappa shape index (κ3) is 3.61. The Balaban J connectivity index is 3.04. The summed E-state index contributed by atoms with van der Waals surface area (Å²) in [4.78, 5) is 11.2. The largest absolute Gasteiger partial charge is 0.495 e. The van der Waals surface area contributed by atoms with Crippen LogP contribution in [0.2, 0.25) is 0 Å². The Bertz CT molecular complexity index is 586. The van der Waals surface area contributed by atoms with Gasteiger partial charge in [-0.05, 0) is 18.2 Å². The first-order valence-corrected chi connectivity index (χ1v) is 7.37. The van der Waals surface area contributed by atoms with Crippen LogP contribution in [0.15, 0.2) is 23.1 Å². The molecule has 0 atom stereocenters. The van der Waals surface area contributed by atoms with E-state index in [-0.39, 0.29) is 29.5 Å². The van der Waals surface area contributed by atoms with E-state index in [1.807, 2.05) is 0 Å². The quantitative estimate of drug-likeness (QED) is 0.722. The number of carbonyl (C=O) groups excluding carboxylic acids is 1. The predicted molar refractivity (Wildman–Crippen MR) is 75.9 cm³/mol. The Labute approximate surface area is 118 Å². The van der Waals surface area contributed by atoms with Crippen LogP contribution in [0, 0.1) is 0 Å². The fourth-order valence-corrected chi connectivity index (χ4v) is 2.92. The third-order valence-electron chi connectivity index (χ3n) is 2.81. The van der Waals surface area contributed by atoms with Crippen LogP contribution in [0.1, 0.15) is 6.42 Å². The molecule has 0 heterocycles. The smallest absolute Gasteiger partial charge is 0.246 e. The van der Waals surface area contributed by atoms with Gasteiger partial charge in [0.15, 0.2) is 0 Å². The van der Waals surface area contributed by atoms with E-state index in [0.717, 1.165) is 4.31 Å². The van der Waals surface area contributed by atoms with E-state index in [1.165, 1.54) is 33.3 Å². The van der Waals surface area contributed by atoms with E-state index in [0.29, 0.717) is 5.69 Å². The summed E-state index contributed by atoms with van der Waals surface area (Å²) in [5.74, 6) is -0.0161. The van der Waals surface area contributed by atoms with Gasteiger partial charge in [0.1, 0.15) is 10.6 Å². The van der Waals surface area contributed by atoms with Gasteiger partial charge in [-0.25, -0.2) is 12.7 Å². The second-order valence-corrected chi connectivity index (χ2v) is 6.17. The second-order valence-electron chi connectivity index (χ2n) is 4.16. The number of carbonyl (C=O) groups is 1. The average molecular weight is 301 g/mol. The van der Waals surface area contributed by atoms with Crippen molar-refractivity contribution in [2.45, 2.75) is 11.3 Å². The van der Waals surface area contributed by atoms with Gasteiger partial charge in [-0.2, -0.15) is 0 Å². The Morgan fingerprint density at radius 2 is 2.10 bits per heavy atom. The first kappa shape index (κ1) is 16.3. The van der Waals surface area contributed by atoms with Crippen molar-refractivity contribution in [2.24, 2.45) is 0 Å². The molecule has 0 unspecified atom stereocenters. The van der Waals surface area contributed by atoms with Crippen LogP contribution < -0.4 is 15.8 Å². The molecule has 0 aliphatic heterocycles. The van der Waals surface area contributed by atoms with Gasteiger partial charge in [0.2, 0.25) is 15.9 Å². The molecule has 0 saturated heterocycles. The van der Waals surface area contributed by atoms with E-state index >= 15 is 0 Å². The van der Waals surface area contributed by atoms with Crippen molar-refractivity contribution in [3.63, 3.8) is 0 Å². The molecule has 8 heteroatoms. The van der Waals surface area contributed by atoms with Crippen LogP contribution >= 0.6 is 0 Å². The van der Waals surface area contributed by atoms with Crippen LogP contribution in [-0.4, -0.2) is 46.4 Å². The number of amides is 1. The minimum Gasteiger partial charge on any atom is -0.495 e. The summed E-state index contributed by atoms with van der Waals surface area (Å²) in [5, 5.41) is 2.44. The SMILES string of the molecule is CNC(=O)CCN(C)S(=O)(=O)c1cc(N)ccc1OC. The summed E-state index contributed by atoms with van der Waals surface area (Å²) in [6.45, 7) is 0.0694. The number of ether oxygens (including phenoxy) is 1. The lowest BCUT2D eigenvalue weighted by atomic mass is 10.3. The first-order valence-electron chi connectivity index (χ1n) is 5.93. The number of hydrogen-bond donors (Lipinski definition) is 2. The lowest BCUT2D eigenvalue weighted by molar-refractivity contribution is -0.120. The summed E-state index contributed by atoms with van der Waals surface area (Å²) >= 11 is 0. The summed E-state index contributed by atoms with van der Waals surface area (Å²) in [7, 11) is 0.526. The molecule has 0 bridgehead atoms. The van der Waals surface area contributed by atoms with Gasteiger partial charge in [0, 0.05) is 32.7 Å². The molecule has 0 radical (unpaired) electrons. The Hall–Kier alpha value is -1.80. The highest BCUT2D eigenvalue weighted by Gasteiger charge is 2.25. The number of nitrogens with one attached hydrogen (secondary N) is 1. The van der Waals surface area contributed by atoms with Crippen LogP contribution in [0.25, 0.3) is 0 Å². The van der Waals surface area contributed by atoms with Crippen molar-refractivity contribution < 1.29 is 17.9 Å². The minimum atomic E-state index is -3.76.